The maximum Gasteiger partial charge on any atom is 0.180 e. The summed E-state index contributed by atoms with van der Waals surface area (Å²) in [5, 5.41) is 0. The van der Waals surface area contributed by atoms with Crippen LogP contribution in [0.25, 0.3) is 11.5 Å². The molecule has 80 valence electrons. The Balaban J connectivity index is 2.60. The van der Waals surface area contributed by atoms with Crippen molar-refractivity contribution < 1.29 is 4.79 Å². The van der Waals surface area contributed by atoms with Gasteiger partial charge in [0.15, 0.2) is 12.1 Å². The van der Waals surface area contributed by atoms with Crippen molar-refractivity contribution in [3.63, 3.8) is 0 Å². The standard InChI is InChI=1S/C11H8BrN3O/c1-7-5-8(6-16)15-11(14-7)10-9(12)3-2-4-13-10/h2-6H,1H3. The third-order valence-corrected chi connectivity index (χ3v) is 2.60. The summed E-state index contributed by atoms with van der Waals surface area (Å²) in [5.74, 6) is 0.453. The third kappa shape index (κ3) is 2.14. The summed E-state index contributed by atoms with van der Waals surface area (Å²) in [6.45, 7) is 1.81. The molecule has 0 aliphatic heterocycles. The smallest absolute Gasteiger partial charge is 0.180 e. The fourth-order valence-corrected chi connectivity index (χ4v) is 1.74. The van der Waals surface area contributed by atoms with Crippen molar-refractivity contribution in [2.24, 2.45) is 0 Å². The molecule has 16 heavy (non-hydrogen) atoms. The lowest BCUT2D eigenvalue weighted by molar-refractivity contribution is 0.111. The molecule has 5 heteroatoms. The molecule has 0 radical (unpaired) electrons. The van der Waals surface area contributed by atoms with E-state index in [2.05, 4.69) is 30.9 Å². The van der Waals surface area contributed by atoms with Crippen LogP contribution in [0.5, 0.6) is 0 Å². The number of halogens is 1. The minimum atomic E-state index is 0.361. The van der Waals surface area contributed by atoms with Gasteiger partial charge in [-0.1, -0.05) is 0 Å². The van der Waals surface area contributed by atoms with Crippen molar-refractivity contribution in [1.29, 1.82) is 0 Å². The molecule has 0 saturated carbocycles. The van der Waals surface area contributed by atoms with Gasteiger partial charge in [0.1, 0.15) is 11.4 Å². The highest BCUT2D eigenvalue weighted by Crippen LogP contribution is 2.22. The molecule has 0 bridgehead atoms. The van der Waals surface area contributed by atoms with Gasteiger partial charge in [0.2, 0.25) is 0 Å². The number of carbonyl (C=O) groups is 1. The fraction of sp³-hybridized carbons (Fsp3) is 0.0909. The predicted molar refractivity (Wildman–Crippen MR) is 63.1 cm³/mol. The van der Waals surface area contributed by atoms with Gasteiger partial charge in [0, 0.05) is 16.4 Å². The van der Waals surface area contributed by atoms with E-state index in [-0.39, 0.29) is 0 Å². The van der Waals surface area contributed by atoms with Crippen molar-refractivity contribution in [2.75, 3.05) is 0 Å². The predicted octanol–water partition coefficient (Wildman–Crippen LogP) is 2.42. The number of aldehydes is 1. The number of pyridine rings is 1. The highest BCUT2D eigenvalue weighted by Gasteiger charge is 2.08. The molecular weight excluding hydrogens is 270 g/mol. The Kier molecular flexibility index (Phi) is 3.05. The molecule has 0 fully saturated rings. The van der Waals surface area contributed by atoms with E-state index in [1.165, 1.54) is 0 Å². The first-order chi connectivity index (χ1) is 7.70. The first-order valence-corrected chi connectivity index (χ1v) is 5.42. The summed E-state index contributed by atoms with van der Waals surface area (Å²) in [5.41, 5.74) is 1.74. The Morgan fingerprint density at radius 3 is 2.88 bits per heavy atom. The lowest BCUT2D eigenvalue weighted by Gasteiger charge is -2.03. The van der Waals surface area contributed by atoms with Gasteiger partial charge in [-0.15, -0.1) is 0 Å². The van der Waals surface area contributed by atoms with Crippen LogP contribution in [0.3, 0.4) is 0 Å². The van der Waals surface area contributed by atoms with Gasteiger partial charge in [-0.05, 0) is 41.1 Å². The van der Waals surface area contributed by atoms with E-state index in [0.717, 1.165) is 10.2 Å². The summed E-state index contributed by atoms with van der Waals surface area (Å²) >= 11 is 3.37. The second-order valence-electron chi connectivity index (χ2n) is 3.21. The number of hydrogen-bond donors (Lipinski definition) is 0. The average molecular weight is 278 g/mol. The number of aryl methyl sites for hydroxylation is 1. The van der Waals surface area contributed by atoms with Crippen LogP contribution in [0.1, 0.15) is 16.2 Å². The number of carbonyl (C=O) groups excluding carboxylic acids is 1. The molecule has 0 amide bonds. The molecule has 0 N–H and O–H groups in total. The second-order valence-corrected chi connectivity index (χ2v) is 4.06. The molecule has 0 aliphatic carbocycles. The van der Waals surface area contributed by atoms with E-state index in [1.54, 1.807) is 12.3 Å². The third-order valence-electron chi connectivity index (χ3n) is 1.97. The Labute approximate surface area is 101 Å². The Morgan fingerprint density at radius 1 is 1.38 bits per heavy atom. The van der Waals surface area contributed by atoms with Crippen molar-refractivity contribution in [3.8, 4) is 11.5 Å². The SMILES string of the molecule is Cc1cc(C=O)nc(-c2ncccc2Br)n1. The molecule has 2 aromatic rings. The van der Waals surface area contributed by atoms with Crippen molar-refractivity contribution >= 4 is 22.2 Å². The van der Waals surface area contributed by atoms with Crippen molar-refractivity contribution in [3.05, 3.63) is 40.3 Å². The average Bonchev–Trinajstić information content (AvgIpc) is 2.28. The zero-order valence-electron chi connectivity index (χ0n) is 8.51. The molecule has 0 spiro atoms. The van der Waals surface area contributed by atoms with Crippen molar-refractivity contribution in [2.45, 2.75) is 6.92 Å². The molecule has 0 aromatic carbocycles. The van der Waals surface area contributed by atoms with E-state index in [9.17, 15) is 4.79 Å². The monoisotopic (exact) mass is 277 g/mol. The summed E-state index contributed by atoms with van der Waals surface area (Å²) in [6, 6.07) is 5.30. The molecule has 2 heterocycles. The molecule has 0 aliphatic rings. The summed E-state index contributed by atoms with van der Waals surface area (Å²) < 4.78 is 0.803. The fourth-order valence-electron chi connectivity index (χ4n) is 1.31. The highest BCUT2D eigenvalue weighted by molar-refractivity contribution is 9.10. The number of aromatic nitrogens is 3. The first kappa shape index (κ1) is 10.9. The van der Waals surface area contributed by atoms with E-state index >= 15 is 0 Å². The molecule has 0 unspecified atom stereocenters. The Hall–Kier alpha value is -1.62. The van der Waals surface area contributed by atoms with Crippen LogP contribution in [0.2, 0.25) is 0 Å². The molecule has 2 rings (SSSR count). The lowest BCUT2D eigenvalue weighted by atomic mass is 10.3. The van der Waals surface area contributed by atoms with E-state index in [1.807, 2.05) is 19.1 Å². The molecule has 2 aromatic heterocycles. The summed E-state index contributed by atoms with van der Waals surface area (Å²) in [4.78, 5) is 23.2. The van der Waals surface area contributed by atoms with Gasteiger partial charge in [-0.3, -0.25) is 9.78 Å². The maximum absolute atomic E-state index is 10.7. The zero-order chi connectivity index (χ0) is 11.5. The second kappa shape index (κ2) is 4.49. The Bertz CT molecular complexity index is 543. The topological polar surface area (TPSA) is 55.7 Å². The van der Waals surface area contributed by atoms with Crippen LogP contribution in [0.4, 0.5) is 0 Å². The number of nitrogens with zero attached hydrogens (tertiary/aromatic N) is 3. The highest BCUT2D eigenvalue weighted by atomic mass is 79.9. The molecule has 4 nitrogen and oxygen atoms in total. The van der Waals surface area contributed by atoms with E-state index in [0.29, 0.717) is 23.5 Å². The van der Waals surface area contributed by atoms with Gasteiger partial charge < -0.3 is 0 Å². The largest absolute Gasteiger partial charge is 0.296 e. The van der Waals surface area contributed by atoms with Gasteiger partial charge in [-0.25, -0.2) is 9.97 Å². The van der Waals surface area contributed by atoms with Crippen LogP contribution in [0, 0.1) is 6.92 Å². The van der Waals surface area contributed by atoms with Crippen LogP contribution in [0.15, 0.2) is 28.9 Å². The minimum Gasteiger partial charge on any atom is -0.296 e. The van der Waals surface area contributed by atoms with Crippen LogP contribution in [-0.4, -0.2) is 21.2 Å². The normalized spacial score (nSPS) is 10.1. The van der Waals surface area contributed by atoms with Crippen LogP contribution >= 0.6 is 15.9 Å². The van der Waals surface area contributed by atoms with Gasteiger partial charge in [0.25, 0.3) is 0 Å². The van der Waals surface area contributed by atoms with Crippen LogP contribution < -0.4 is 0 Å². The molecule has 0 atom stereocenters. The van der Waals surface area contributed by atoms with Crippen LogP contribution in [-0.2, 0) is 0 Å². The van der Waals surface area contributed by atoms with Gasteiger partial charge in [-0.2, -0.15) is 0 Å². The summed E-state index contributed by atoms with van der Waals surface area (Å²) in [7, 11) is 0. The van der Waals surface area contributed by atoms with Crippen molar-refractivity contribution in [1.82, 2.24) is 15.0 Å². The Morgan fingerprint density at radius 2 is 2.19 bits per heavy atom. The number of hydrogen-bond acceptors (Lipinski definition) is 4. The number of rotatable bonds is 2. The maximum atomic E-state index is 10.7. The zero-order valence-corrected chi connectivity index (χ0v) is 10.1. The minimum absolute atomic E-state index is 0.361. The van der Waals surface area contributed by atoms with Gasteiger partial charge in [0.05, 0.1) is 0 Å². The first-order valence-electron chi connectivity index (χ1n) is 4.62. The summed E-state index contributed by atoms with van der Waals surface area (Å²) in [6.07, 6.45) is 2.36. The molecule has 0 saturated heterocycles. The molecular formula is C11H8BrN3O. The van der Waals surface area contributed by atoms with Gasteiger partial charge >= 0.3 is 0 Å². The quantitative estimate of drug-likeness (QED) is 0.791. The van der Waals surface area contributed by atoms with E-state index < -0.39 is 0 Å². The lowest BCUT2D eigenvalue weighted by Crippen LogP contribution is -1.98. The van der Waals surface area contributed by atoms with E-state index in [4.69, 9.17) is 0 Å².